The van der Waals surface area contributed by atoms with Crippen LogP contribution < -0.4 is 4.90 Å². The van der Waals surface area contributed by atoms with Crippen LogP contribution in [0.15, 0.2) is 18.2 Å². The molecule has 0 N–H and O–H groups in total. The number of nitrogens with zero attached hydrogens (tertiary/aromatic N) is 2. The van der Waals surface area contributed by atoms with Gasteiger partial charge in [0.15, 0.2) is 5.78 Å². The highest BCUT2D eigenvalue weighted by Gasteiger charge is 2.32. The van der Waals surface area contributed by atoms with E-state index in [0.717, 1.165) is 25.2 Å². The molecule has 1 heterocycles. The van der Waals surface area contributed by atoms with Crippen molar-refractivity contribution in [3.05, 3.63) is 33.9 Å². The molecule has 1 aliphatic heterocycles. The maximum Gasteiger partial charge on any atom is 0.280 e. The molecule has 5 nitrogen and oxygen atoms in total. The summed E-state index contributed by atoms with van der Waals surface area (Å²) in [4.78, 5) is 24.3. The first-order valence-corrected chi connectivity index (χ1v) is 7.24. The number of ketones is 1. The lowest BCUT2D eigenvalue weighted by atomic mass is 9.80. The molecule has 0 amide bonds. The van der Waals surface area contributed by atoms with Gasteiger partial charge in [-0.3, -0.25) is 14.9 Å². The summed E-state index contributed by atoms with van der Waals surface area (Å²) in [6, 6.07) is 4.84. The summed E-state index contributed by atoms with van der Waals surface area (Å²) in [6.45, 7) is 9.93. The number of hydrogen-bond acceptors (Lipinski definition) is 4. The second-order valence-corrected chi connectivity index (χ2v) is 6.81. The first-order chi connectivity index (χ1) is 9.70. The van der Waals surface area contributed by atoms with Crippen molar-refractivity contribution in [3.63, 3.8) is 0 Å². The molecule has 0 aliphatic carbocycles. The Labute approximate surface area is 125 Å². The van der Waals surface area contributed by atoms with Gasteiger partial charge in [0, 0.05) is 24.8 Å². The standard InChI is InChI=1S/C16H22N2O3/c1-11(19)14-9-13(5-6-15(14)18(20)21)17-8-7-12(10-17)16(2,3)4/h5-6,9,12H,7-8,10H2,1-4H3. The van der Waals surface area contributed by atoms with Crippen LogP contribution in [0.3, 0.4) is 0 Å². The van der Waals surface area contributed by atoms with E-state index in [1.165, 1.54) is 13.0 Å². The number of nitro groups is 1. The van der Waals surface area contributed by atoms with Crippen molar-refractivity contribution in [1.29, 1.82) is 0 Å². The number of Topliss-reactive ketones (excluding diaryl/α,β-unsaturated/α-hetero) is 1. The lowest BCUT2D eigenvalue weighted by Crippen LogP contribution is -2.25. The molecule has 1 atom stereocenters. The molecule has 0 aromatic heterocycles. The second-order valence-electron chi connectivity index (χ2n) is 6.81. The van der Waals surface area contributed by atoms with Gasteiger partial charge >= 0.3 is 0 Å². The number of rotatable bonds is 3. The Morgan fingerprint density at radius 2 is 2.05 bits per heavy atom. The van der Waals surface area contributed by atoms with Crippen LogP contribution in [0.25, 0.3) is 0 Å². The van der Waals surface area contributed by atoms with Crippen molar-refractivity contribution in [2.45, 2.75) is 34.1 Å². The molecule has 1 aromatic rings. The fourth-order valence-corrected chi connectivity index (χ4v) is 2.86. The number of hydrogen-bond donors (Lipinski definition) is 0. The monoisotopic (exact) mass is 290 g/mol. The Morgan fingerprint density at radius 1 is 1.38 bits per heavy atom. The lowest BCUT2D eigenvalue weighted by Gasteiger charge is -2.27. The van der Waals surface area contributed by atoms with Gasteiger partial charge in [0.2, 0.25) is 0 Å². The predicted octanol–water partition coefficient (Wildman–Crippen LogP) is 3.67. The molecule has 21 heavy (non-hydrogen) atoms. The van der Waals surface area contributed by atoms with E-state index in [1.54, 1.807) is 12.1 Å². The minimum Gasteiger partial charge on any atom is -0.371 e. The highest BCUT2D eigenvalue weighted by atomic mass is 16.6. The van der Waals surface area contributed by atoms with Gasteiger partial charge in [-0.05, 0) is 36.8 Å². The van der Waals surface area contributed by atoms with E-state index in [9.17, 15) is 14.9 Å². The number of nitro benzene ring substituents is 1. The van der Waals surface area contributed by atoms with Crippen molar-refractivity contribution in [2.24, 2.45) is 11.3 Å². The molecule has 0 saturated carbocycles. The van der Waals surface area contributed by atoms with Crippen LogP contribution in [-0.4, -0.2) is 23.8 Å². The van der Waals surface area contributed by atoms with Crippen LogP contribution in [-0.2, 0) is 0 Å². The maximum absolute atomic E-state index is 11.6. The van der Waals surface area contributed by atoms with Crippen LogP contribution in [0.2, 0.25) is 0 Å². The zero-order valence-corrected chi connectivity index (χ0v) is 13.0. The van der Waals surface area contributed by atoms with Crippen LogP contribution in [0.5, 0.6) is 0 Å². The maximum atomic E-state index is 11.6. The van der Waals surface area contributed by atoms with E-state index in [0.29, 0.717) is 5.92 Å². The van der Waals surface area contributed by atoms with Crippen molar-refractivity contribution in [2.75, 3.05) is 18.0 Å². The third kappa shape index (κ3) is 3.23. The van der Waals surface area contributed by atoms with Gasteiger partial charge in [0.05, 0.1) is 10.5 Å². The molecule has 1 aromatic carbocycles. The molecule has 0 radical (unpaired) electrons. The molecule has 1 unspecified atom stereocenters. The summed E-state index contributed by atoms with van der Waals surface area (Å²) >= 11 is 0. The van der Waals surface area contributed by atoms with E-state index < -0.39 is 4.92 Å². The van der Waals surface area contributed by atoms with Crippen molar-refractivity contribution >= 4 is 17.2 Å². The summed E-state index contributed by atoms with van der Waals surface area (Å²) in [5, 5.41) is 11.0. The molecule has 0 spiro atoms. The average Bonchev–Trinajstić information content (AvgIpc) is 2.87. The van der Waals surface area contributed by atoms with Crippen LogP contribution in [0.1, 0.15) is 44.5 Å². The summed E-state index contributed by atoms with van der Waals surface area (Å²) in [7, 11) is 0. The number of benzene rings is 1. The highest BCUT2D eigenvalue weighted by molar-refractivity contribution is 5.99. The summed E-state index contributed by atoms with van der Waals surface area (Å²) < 4.78 is 0. The molecule has 114 valence electrons. The Balaban J connectivity index is 2.28. The Morgan fingerprint density at radius 3 is 2.52 bits per heavy atom. The molecule has 1 fully saturated rings. The Hall–Kier alpha value is -1.91. The van der Waals surface area contributed by atoms with Crippen molar-refractivity contribution < 1.29 is 9.72 Å². The second kappa shape index (κ2) is 5.47. The van der Waals surface area contributed by atoms with Crippen molar-refractivity contribution in [1.82, 2.24) is 0 Å². The topological polar surface area (TPSA) is 63.5 Å². The summed E-state index contributed by atoms with van der Waals surface area (Å²) in [5.74, 6) is 0.323. The molecule has 5 heteroatoms. The number of carbonyl (C=O) groups is 1. The minimum atomic E-state index is -0.498. The first kappa shape index (κ1) is 15.5. The fraction of sp³-hybridized carbons (Fsp3) is 0.562. The molecule has 0 bridgehead atoms. The van der Waals surface area contributed by atoms with Crippen LogP contribution >= 0.6 is 0 Å². The van der Waals surface area contributed by atoms with Gasteiger partial charge in [-0.2, -0.15) is 0 Å². The van der Waals surface area contributed by atoms with Crippen LogP contribution in [0, 0.1) is 21.4 Å². The van der Waals surface area contributed by atoms with E-state index in [-0.39, 0.29) is 22.4 Å². The molecule has 1 aliphatic rings. The van der Waals surface area contributed by atoms with E-state index in [1.807, 2.05) is 0 Å². The summed E-state index contributed by atoms with van der Waals surface area (Å²) in [6.07, 6.45) is 1.11. The fourth-order valence-electron chi connectivity index (χ4n) is 2.86. The molecular formula is C16H22N2O3. The van der Waals surface area contributed by atoms with Gasteiger partial charge in [-0.25, -0.2) is 0 Å². The SMILES string of the molecule is CC(=O)c1cc(N2CCC(C(C)(C)C)C2)ccc1[N+](=O)[O-]. The average molecular weight is 290 g/mol. The van der Waals surface area contributed by atoms with E-state index in [4.69, 9.17) is 0 Å². The normalized spacial score (nSPS) is 18.9. The smallest absolute Gasteiger partial charge is 0.280 e. The van der Waals surface area contributed by atoms with Gasteiger partial charge in [0.1, 0.15) is 0 Å². The zero-order chi connectivity index (χ0) is 15.8. The van der Waals surface area contributed by atoms with Gasteiger partial charge < -0.3 is 4.90 Å². The minimum absolute atomic E-state index is 0.113. The van der Waals surface area contributed by atoms with Gasteiger partial charge in [-0.1, -0.05) is 20.8 Å². The number of anilines is 1. The molecular weight excluding hydrogens is 268 g/mol. The molecule has 2 rings (SSSR count). The largest absolute Gasteiger partial charge is 0.371 e. The first-order valence-electron chi connectivity index (χ1n) is 7.24. The zero-order valence-electron chi connectivity index (χ0n) is 13.0. The quantitative estimate of drug-likeness (QED) is 0.484. The lowest BCUT2D eigenvalue weighted by molar-refractivity contribution is -0.385. The van der Waals surface area contributed by atoms with Gasteiger partial charge in [-0.15, -0.1) is 0 Å². The third-order valence-electron chi connectivity index (χ3n) is 4.33. The number of carbonyl (C=O) groups excluding carboxylic acids is 1. The third-order valence-corrected chi connectivity index (χ3v) is 4.33. The molecule has 1 saturated heterocycles. The Kier molecular flexibility index (Phi) is 4.03. The van der Waals surface area contributed by atoms with Crippen molar-refractivity contribution in [3.8, 4) is 0 Å². The van der Waals surface area contributed by atoms with Crippen LogP contribution in [0.4, 0.5) is 11.4 Å². The predicted molar refractivity (Wildman–Crippen MR) is 82.9 cm³/mol. The highest BCUT2D eigenvalue weighted by Crippen LogP contribution is 2.36. The van der Waals surface area contributed by atoms with E-state index >= 15 is 0 Å². The Bertz CT molecular complexity index is 575. The van der Waals surface area contributed by atoms with E-state index in [2.05, 4.69) is 25.7 Å². The van der Waals surface area contributed by atoms with Gasteiger partial charge in [0.25, 0.3) is 5.69 Å². The summed E-state index contributed by atoms with van der Waals surface area (Å²) in [5.41, 5.74) is 1.23.